The second kappa shape index (κ2) is 12.8. The third kappa shape index (κ3) is 7.35. The third-order valence-corrected chi connectivity index (χ3v) is 7.07. The van der Waals surface area contributed by atoms with Crippen molar-refractivity contribution >= 4 is 27.7 Å². The van der Waals surface area contributed by atoms with Gasteiger partial charge < -0.3 is 19.7 Å². The minimum Gasteiger partial charge on any atom is -0.454 e. The number of carbonyl (C=O) groups excluding carboxylic acids is 2. The van der Waals surface area contributed by atoms with E-state index in [1.165, 1.54) is 0 Å². The second-order valence-electron chi connectivity index (χ2n) is 9.36. The number of hydrogen-bond acceptors (Lipinski definition) is 4. The summed E-state index contributed by atoms with van der Waals surface area (Å²) in [7, 11) is 0. The Morgan fingerprint density at radius 1 is 0.946 bits per heavy atom. The van der Waals surface area contributed by atoms with Gasteiger partial charge in [-0.05, 0) is 60.7 Å². The number of nitrogens with zero attached hydrogens (tertiary/aromatic N) is 1. The highest BCUT2D eigenvalue weighted by Gasteiger charge is 2.31. The Balaban J connectivity index is 1.60. The number of rotatable bonds is 11. The van der Waals surface area contributed by atoms with E-state index in [2.05, 4.69) is 21.2 Å². The van der Waals surface area contributed by atoms with Gasteiger partial charge in [0.1, 0.15) is 6.04 Å². The fraction of sp³-hybridized carbons (Fsp3) is 0.333. The predicted octanol–water partition coefficient (Wildman–Crippen LogP) is 5.67. The molecule has 0 bridgehead atoms. The number of amides is 2. The molecule has 0 fully saturated rings. The van der Waals surface area contributed by atoms with Gasteiger partial charge in [-0.3, -0.25) is 9.59 Å². The summed E-state index contributed by atoms with van der Waals surface area (Å²) < 4.78 is 11.8. The number of hydrogen-bond donors (Lipinski definition) is 1. The highest BCUT2D eigenvalue weighted by molar-refractivity contribution is 9.10. The summed E-state index contributed by atoms with van der Waals surface area (Å²) in [6.07, 6.45) is 2.06. The molecular formula is C30H33BrN2O4. The van der Waals surface area contributed by atoms with Crippen LogP contribution in [0.2, 0.25) is 0 Å². The smallest absolute Gasteiger partial charge is 0.243 e. The first-order valence-corrected chi connectivity index (χ1v) is 13.5. The molecule has 7 heteroatoms. The number of nitrogens with one attached hydrogen (secondary N) is 1. The maximum Gasteiger partial charge on any atom is 0.243 e. The number of aryl methyl sites for hydroxylation is 1. The molecule has 0 aromatic heterocycles. The number of benzene rings is 3. The molecule has 4 rings (SSSR count). The Bertz CT molecular complexity index is 1220. The van der Waals surface area contributed by atoms with E-state index in [0.717, 1.165) is 33.3 Å². The minimum atomic E-state index is -0.639. The molecule has 0 radical (unpaired) electrons. The number of ether oxygens (including phenoxy) is 2. The van der Waals surface area contributed by atoms with Crippen molar-refractivity contribution in [3.05, 3.63) is 94.0 Å². The highest BCUT2D eigenvalue weighted by atomic mass is 79.9. The normalized spacial score (nSPS) is 13.6. The van der Waals surface area contributed by atoms with Gasteiger partial charge in [-0.2, -0.15) is 0 Å². The van der Waals surface area contributed by atoms with Crippen LogP contribution in [-0.2, 0) is 29.0 Å². The zero-order chi connectivity index (χ0) is 26.2. The Morgan fingerprint density at radius 2 is 1.70 bits per heavy atom. The molecule has 2 atom stereocenters. The van der Waals surface area contributed by atoms with Crippen molar-refractivity contribution in [1.29, 1.82) is 0 Å². The van der Waals surface area contributed by atoms with Crippen molar-refractivity contribution in [3.63, 3.8) is 0 Å². The van der Waals surface area contributed by atoms with Gasteiger partial charge >= 0.3 is 0 Å². The fourth-order valence-corrected chi connectivity index (χ4v) is 4.77. The zero-order valence-corrected chi connectivity index (χ0v) is 22.9. The van der Waals surface area contributed by atoms with Crippen molar-refractivity contribution in [2.24, 2.45) is 0 Å². The predicted molar refractivity (Wildman–Crippen MR) is 147 cm³/mol. The van der Waals surface area contributed by atoms with E-state index < -0.39 is 6.04 Å². The van der Waals surface area contributed by atoms with Gasteiger partial charge in [-0.15, -0.1) is 0 Å². The lowest BCUT2D eigenvalue weighted by atomic mass is 10.0. The van der Waals surface area contributed by atoms with E-state index in [4.69, 9.17) is 9.47 Å². The van der Waals surface area contributed by atoms with Crippen LogP contribution in [0.15, 0.2) is 77.3 Å². The summed E-state index contributed by atoms with van der Waals surface area (Å²) in [6, 6.07) is 22.9. The largest absolute Gasteiger partial charge is 0.454 e. The summed E-state index contributed by atoms with van der Waals surface area (Å²) in [5.41, 5.74) is 2.96. The van der Waals surface area contributed by atoms with Crippen LogP contribution in [0.4, 0.5) is 0 Å². The van der Waals surface area contributed by atoms with Crippen LogP contribution in [0, 0.1) is 0 Å². The Hall–Kier alpha value is -3.32. The highest BCUT2D eigenvalue weighted by Crippen LogP contribution is 2.33. The summed E-state index contributed by atoms with van der Waals surface area (Å²) in [5.74, 6) is 1.21. The van der Waals surface area contributed by atoms with E-state index in [-0.39, 0.29) is 31.1 Å². The molecule has 1 aliphatic heterocycles. The van der Waals surface area contributed by atoms with Crippen LogP contribution in [0.3, 0.4) is 0 Å². The molecule has 1 heterocycles. The first-order chi connectivity index (χ1) is 17.9. The van der Waals surface area contributed by atoms with Crippen LogP contribution in [-0.4, -0.2) is 35.6 Å². The first kappa shape index (κ1) is 26.7. The Labute approximate surface area is 227 Å². The summed E-state index contributed by atoms with van der Waals surface area (Å²) in [6.45, 7) is 4.57. The average Bonchev–Trinajstić information content (AvgIpc) is 3.38. The van der Waals surface area contributed by atoms with Crippen LogP contribution < -0.4 is 14.8 Å². The first-order valence-electron chi connectivity index (χ1n) is 12.7. The number of fused-ring (bicyclic) bond motifs is 1. The van der Waals surface area contributed by atoms with E-state index in [1.54, 1.807) is 4.90 Å². The van der Waals surface area contributed by atoms with Crippen molar-refractivity contribution in [2.45, 2.75) is 58.2 Å². The minimum absolute atomic E-state index is 0.0160. The lowest BCUT2D eigenvalue weighted by Gasteiger charge is -2.32. The van der Waals surface area contributed by atoms with Crippen molar-refractivity contribution in [1.82, 2.24) is 10.2 Å². The van der Waals surface area contributed by atoms with Gasteiger partial charge in [0.15, 0.2) is 11.5 Å². The molecule has 2 amide bonds. The van der Waals surface area contributed by atoms with Gasteiger partial charge in [-0.25, -0.2) is 0 Å². The van der Waals surface area contributed by atoms with Gasteiger partial charge in [0.2, 0.25) is 18.6 Å². The Morgan fingerprint density at radius 3 is 2.46 bits per heavy atom. The summed E-state index contributed by atoms with van der Waals surface area (Å²) in [4.78, 5) is 29.1. The van der Waals surface area contributed by atoms with Crippen LogP contribution in [0.25, 0.3) is 0 Å². The molecule has 37 heavy (non-hydrogen) atoms. The molecule has 3 aromatic carbocycles. The molecule has 0 saturated heterocycles. The number of carbonyl (C=O) groups is 2. The van der Waals surface area contributed by atoms with Gasteiger partial charge in [0.05, 0.1) is 0 Å². The topological polar surface area (TPSA) is 67.9 Å². The quantitative estimate of drug-likeness (QED) is 0.326. The molecule has 0 aliphatic carbocycles. The monoisotopic (exact) mass is 564 g/mol. The second-order valence-corrected chi connectivity index (χ2v) is 10.3. The molecule has 0 unspecified atom stereocenters. The van der Waals surface area contributed by atoms with E-state index in [1.807, 2.05) is 86.6 Å². The van der Waals surface area contributed by atoms with Crippen LogP contribution in [0.1, 0.15) is 43.4 Å². The standard InChI is InChI=1S/C30H33BrN2O4/c1-3-21(2)32-30(35)26(17-22-8-5-4-6-9-22)33(19-24-10-7-11-25(31)16-24)29(34)15-13-23-12-14-27-28(18-23)37-20-36-27/h4-12,14,16,18,21,26H,3,13,15,17,19-20H2,1-2H3,(H,32,35)/t21-,26+/m0/s1. The maximum absolute atomic E-state index is 13.8. The van der Waals surface area contributed by atoms with E-state index >= 15 is 0 Å². The van der Waals surface area contributed by atoms with Crippen molar-refractivity contribution < 1.29 is 19.1 Å². The van der Waals surface area contributed by atoms with Gasteiger partial charge in [0, 0.05) is 29.9 Å². The average molecular weight is 566 g/mol. The fourth-order valence-electron chi connectivity index (χ4n) is 4.32. The van der Waals surface area contributed by atoms with Gasteiger partial charge in [0.25, 0.3) is 0 Å². The molecule has 1 aliphatic rings. The summed E-state index contributed by atoms with van der Waals surface area (Å²) >= 11 is 3.53. The third-order valence-electron chi connectivity index (χ3n) is 6.58. The Kier molecular flexibility index (Phi) is 9.23. The molecule has 0 spiro atoms. The molecule has 194 valence electrons. The molecular weight excluding hydrogens is 532 g/mol. The number of halogens is 1. The zero-order valence-electron chi connectivity index (χ0n) is 21.3. The lowest BCUT2D eigenvalue weighted by molar-refractivity contribution is -0.141. The van der Waals surface area contributed by atoms with Gasteiger partial charge in [-0.1, -0.05) is 71.4 Å². The maximum atomic E-state index is 13.8. The van der Waals surface area contributed by atoms with Crippen LogP contribution in [0.5, 0.6) is 11.5 Å². The van der Waals surface area contributed by atoms with E-state index in [9.17, 15) is 9.59 Å². The van der Waals surface area contributed by atoms with E-state index in [0.29, 0.717) is 25.1 Å². The summed E-state index contributed by atoms with van der Waals surface area (Å²) in [5, 5.41) is 3.11. The van der Waals surface area contributed by atoms with Crippen LogP contribution >= 0.6 is 15.9 Å². The lowest BCUT2D eigenvalue weighted by Crippen LogP contribution is -2.52. The molecule has 6 nitrogen and oxygen atoms in total. The SMILES string of the molecule is CC[C@H](C)NC(=O)[C@@H](Cc1ccccc1)N(Cc1cccc(Br)c1)C(=O)CCc1ccc2c(c1)OCO2. The molecule has 1 N–H and O–H groups in total. The van der Waals surface area contributed by atoms with Crippen molar-refractivity contribution in [3.8, 4) is 11.5 Å². The van der Waals surface area contributed by atoms with Crippen molar-refractivity contribution in [2.75, 3.05) is 6.79 Å². The molecule has 3 aromatic rings. The molecule has 0 saturated carbocycles.